The highest BCUT2D eigenvalue weighted by Crippen LogP contribution is 2.34. The SMILES string of the molecule is CCCCC1=CC(Cc2cc(CCCO)cc(C(C)CC(C)C)c2C#N)=C(O)CC(CC(C)CCCC)=C1. The van der Waals surface area contributed by atoms with Crippen molar-refractivity contribution in [1.29, 1.82) is 5.26 Å². The summed E-state index contributed by atoms with van der Waals surface area (Å²) in [4.78, 5) is 0. The molecule has 1 aliphatic rings. The number of aliphatic hydroxyl groups excluding tert-OH is 2. The molecule has 0 aliphatic heterocycles. The Hall–Kier alpha value is -2.31. The zero-order valence-corrected chi connectivity index (χ0v) is 25.1. The third kappa shape index (κ3) is 10.1. The van der Waals surface area contributed by atoms with E-state index in [4.69, 9.17) is 0 Å². The van der Waals surface area contributed by atoms with E-state index >= 15 is 0 Å². The van der Waals surface area contributed by atoms with Crippen molar-refractivity contribution < 1.29 is 10.2 Å². The Kier molecular flexibility index (Phi) is 13.9. The van der Waals surface area contributed by atoms with Crippen LogP contribution in [-0.2, 0) is 12.8 Å². The number of unbranched alkanes of at least 4 members (excludes halogenated alkanes) is 2. The topological polar surface area (TPSA) is 64.2 Å². The van der Waals surface area contributed by atoms with Gasteiger partial charge in [0.2, 0.25) is 0 Å². The van der Waals surface area contributed by atoms with Gasteiger partial charge >= 0.3 is 0 Å². The van der Waals surface area contributed by atoms with E-state index in [1.807, 2.05) is 0 Å². The van der Waals surface area contributed by atoms with Crippen LogP contribution in [0.3, 0.4) is 0 Å². The summed E-state index contributed by atoms with van der Waals surface area (Å²) in [6.45, 7) is 13.6. The predicted octanol–water partition coefficient (Wildman–Crippen LogP) is 9.65. The second kappa shape index (κ2) is 16.6. The summed E-state index contributed by atoms with van der Waals surface area (Å²) < 4.78 is 0. The predicted molar refractivity (Wildman–Crippen MR) is 161 cm³/mol. The van der Waals surface area contributed by atoms with Crippen LogP contribution in [-0.4, -0.2) is 16.8 Å². The van der Waals surface area contributed by atoms with E-state index in [-0.39, 0.29) is 12.5 Å². The Morgan fingerprint density at radius 3 is 2.34 bits per heavy atom. The van der Waals surface area contributed by atoms with E-state index in [1.54, 1.807) is 0 Å². The van der Waals surface area contributed by atoms with Gasteiger partial charge in [-0.15, -0.1) is 0 Å². The quantitative estimate of drug-likeness (QED) is 0.228. The lowest BCUT2D eigenvalue weighted by molar-refractivity contribution is 0.288. The number of allylic oxidation sites excluding steroid dienone is 5. The molecule has 0 aromatic heterocycles. The summed E-state index contributed by atoms with van der Waals surface area (Å²) in [7, 11) is 0. The first-order chi connectivity index (χ1) is 18.2. The molecule has 2 rings (SSSR count). The summed E-state index contributed by atoms with van der Waals surface area (Å²) in [6, 6.07) is 6.87. The van der Waals surface area contributed by atoms with Crippen LogP contribution in [0.2, 0.25) is 0 Å². The van der Waals surface area contributed by atoms with Gasteiger partial charge in [0.05, 0.1) is 17.4 Å². The van der Waals surface area contributed by atoms with Crippen LogP contribution in [0.5, 0.6) is 0 Å². The van der Waals surface area contributed by atoms with Crippen molar-refractivity contribution >= 4 is 0 Å². The molecule has 210 valence electrons. The molecule has 0 fully saturated rings. The van der Waals surface area contributed by atoms with Crippen LogP contribution in [0.1, 0.15) is 134 Å². The number of aryl methyl sites for hydroxylation is 1. The molecule has 0 bridgehead atoms. The number of rotatable bonds is 16. The molecule has 1 aromatic carbocycles. The van der Waals surface area contributed by atoms with E-state index < -0.39 is 0 Å². The van der Waals surface area contributed by atoms with Gasteiger partial charge in [-0.2, -0.15) is 5.26 Å². The molecular formula is C35H53NO2. The summed E-state index contributed by atoms with van der Waals surface area (Å²) in [6.07, 6.45) is 16.2. The van der Waals surface area contributed by atoms with Gasteiger partial charge in [0.25, 0.3) is 0 Å². The van der Waals surface area contributed by atoms with Crippen molar-refractivity contribution in [2.24, 2.45) is 11.8 Å². The molecule has 38 heavy (non-hydrogen) atoms. The molecule has 0 saturated carbocycles. The molecular weight excluding hydrogens is 466 g/mol. The van der Waals surface area contributed by atoms with Crippen LogP contribution in [0, 0.1) is 23.2 Å². The molecule has 3 nitrogen and oxygen atoms in total. The molecule has 2 atom stereocenters. The zero-order chi connectivity index (χ0) is 28.1. The van der Waals surface area contributed by atoms with Crippen molar-refractivity contribution in [3.63, 3.8) is 0 Å². The molecule has 0 heterocycles. The summed E-state index contributed by atoms with van der Waals surface area (Å²) in [5, 5.41) is 31.1. The maximum absolute atomic E-state index is 11.4. The maximum Gasteiger partial charge on any atom is 0.0998 e. The lowest BCUT2D eigenvalue weighted by Crippen LogP contribution is -2.07. The van der Waals surface area contributed by atoms with Crippen molar-refractivity contribution in [2.45, 2.75) is 125 Å². The number of nitrogens with zero attached hydrogens (tertiary/aromatic N) is 1. The number of benzene rings is 1. The highest BCUT2D eigenvalue weighted by Gasteiger charge is 2.20. The maximum atomic E-state index is 11.4. The van der Waals surface area contributed by atoms with Gasteiger partial charge in [0.1, 0.15) is 0 Å². The fourth-order valence-electron chi connectivity index (χ4n) is 5.83. The number of aliphatic hydroxyl groups is 2. The molecule has 0 spiro atoms. The summed E-state index contributed by atoms with van der Waals surface area (Å²) in [5.41, 5.74) is 7.62. The average Bonchev–Trinajstić information content (AvgIpc) is 3.01. The summed E-state index contributed by atoms with van der Waals surface area (Å²) >= 11 is 0. The molecule has 1 aromatic rings. The monoisotopic (exact) mass is 519 g/mol. The highest BCUT2D eigenvalue weighted by atomic mass is 16.3. The largest absolute Gasteiger partial charge is 0.512 e. The molecule has 0 amide bonds. The van der Waals surface area contributed by atoms with Crippen molar-refractivity contribution in [1.82, 2.24) is 0 Å². The Balaban J connectivity index is 2.49. The Morgan fingerprint density at radius 2 is 1.71 bits per heavy atom. The number of nitriles is 1. The van der Waals surface area contributed by atoms with E-state index in [0.717, 1.165) is 60.8 Å². The van der Waals surface area contributed by atoms with Crippen LogP contribution in [0.4, 0.5) is 0 Å². The van der Waals surface area contributed by atoms with Crippen LogP contribution < -0.4 is 0 Å². The first-order valence-electron chi connectivity index (χ1n) is 15.2. The molecule has 0 saturated heterocycles. The van der Waals surface area contributed by atoms with Crippen LogP contribution >= 0.6 is 0 Å². The minimum absolute atomic E-state index is 0.160. The lowest BCUT2D eigenvalue weighted by Gasteiger charge is -2.20. The summed E-state index contributed by atoms with van der Waals surface area (Å²) in [5.74, 6) is 1.89. The van der Waals surface area contributed by atoms with Crippen LogP contribution in [0.25, 0.3) is 0 Å². The van der Waals surface area contributed by atoms with Gasteiger partial charge in [-0.25, -0.2) is 0 Å². The smallest absolute Gasteiger partial charge is 0.0998 e. The molecule has 3 heteroatoms. The van der Waals surface area contributed by atoms with E-state index in [1.165, 1.54) is 36.0 Å². The molecule has 2 N–H and O–H groups in total. The normalized spacial score (nSPS) is 15.7. The fourth-order valence-corrected chi connectivity index (χ4v) is 5.83. The van der Waals surface area contributed by atoms with Gasteiger partial charge in [0, 0.05) is 19.4 Å². The second-order valence-corrected chi connectivity index (χ2v) is 12.1. The zero-order valence-electron chi connectivity index (χ0n) is 25.1. The molecule has 0 radical (unpaired) electrons. The minimum Gasteiger partial charge on any atom is -0.512 e. The molecule has 1 aliphatic carbocycles. The van der Waals surface area contributed by atoms with Crippen molar-refractivity contribution in [3.05, 3.63) is 69.0 Å². The van der Waals surface area contributed by atoms with Gasteiger partial charge in [-0.3, -0.25) is 0 Å². The number of hydrogen-bond donors (Lipinski definition) is 2. The highest BCUT2D eigenvalue weighted by molar-refractivity contribution is 5.52. The Morgan fingerprint density at radius 1 is 0.974 bits per heavy atom. The second-order valence-electron chi connectivity index (χ2n) is 12.1. The first kappa shape index (κ1) is 31.9. The third-order valence-electron chi connectivity index (χ3n) is 7.78. The average molecular weight is 520 g/mol. The Labute approximate surface area is 233 Å². The van der Waals surface area contributed by atoms with Gasteiger partial charge in [0.15, 0.2) is 0 Å². The first-order valence-corrected chi connectivity index (χ1v) is 15.2. The molecule has 2 unspecified atom stereocenters. The van der Waals surface area contributed by atoms with Gasteiger partial charge in [-0.05, 0) is 84.1 Å². The van der Waals surface area contributed by atoms with E-state index in [2.05, 4.69) is 71.9 Å². The van der Waals surface area contributed by atoms with Crippen molar-refractivity contribution in [2.75, 3.05) is 6.61 Å². The number of hydrogen-bond acceptors (Lipinski definition) is 3. The van der Waals surface area contributed by atoms with Crippen molar-refractivity contribution in [3.8, 4) is 6.07 Å². The fraction of sp³-hybridized carbons (Fsp3) is 0.629. The third-order valence-corrected chi connectivity index (χ3v) is 7.78. The van der Waals surface area contributed by atoms with Gasteiger partial charge < -0.3 is 10.2 Å². The minimum atomic E-state index is 0.160. The lowest BCUT2D eigenvalue weighted by atomic mass is 9.84. The standard InChI is InChI=1S/C35H53NO2/c1-7-9-12-26(5)17-30-18-28(13-10-8-2)20-32(35(38)22-30)23-31-19-29(14-11-15-37)21-33(34(31)24-36)27(6)16-25(3)4/h18-21,25-27,37-38H,7-17,22-23H2,1-6H3. The van der Waals surface area contributed by atoms with E-state index in [9.17, 15) is 15.5 Å². The van der Waals surface area contributed by atoms with E-state index in [0.29, 0.717) is 36.9 Å². The van der Waals surface area contributed by atoms with Gasteiger partial charge in [-0.1, -0.05) is 97.1 Å². The Bertz CT molecular complexity index is 1020. The van der Waals surface area contributed by atoms with Crippen LogP contribution in [0.15, 0.2) is 46.8 Å².